The smallest absolute Gasteiger partial charge is 0.277 e. The van der Waals surface area contributed by atoms with Crippen molar-refractivity contribution in [3.05, 3.63) is 70.9 Å². The summed E-state index contributed by atoms with van der Waals surface area (Å²) in [6, 6.07) is 13.5. The van der Waals surface area contributed by atoms with E-state index in [1.807, 2.05) is 50.2 Å². The summed E-state index contributed by atoms with van der Waals surface area (Å²) in [6.07, 6.45) is 1.25. The minimum Gasteiger partial charge on any atom is -0.489 e. The summed E-state index contributed by atoms with van der Waals surface area (Å²) in [6.45, 7) is 4.17. The molecule has 140 valence electrons. The van der Waals surface area contributed by atoms with Crippen molar-refractivity contribution >= 4 is 17.5 Å². The number of anilines is 1. The first-order valence-electron chi connectivity index (χ1n) is 8.72. The average molecular weight is 366 g/mol. The molecule has 1 heterocycles. The predicted molar refractivity (Wildman–Crippen MR) is 102 cm³/mol. The third-order valence-electron chi connectivity index (χ3n) is 4.26. The number of imide groups is 1. The van der Waals surface area contributed by atoms with Crippen LogP contribution in [0.25, 0.3) is 0 Å². The number of carbonyl (C=O) groups is 2. The number of benzene rings is 2. The van der Waals surface area contributed by atoms with E-state index in [0.717, 1.165) is 21.8 Å². The molecular formula is C21H22N2O4. The minimum absolute atomic E-state index is 0.0108. The zero-order valence-corrected chi connectivity index (χ0v) is 15.4. The molecule has 0 radical (unpaired) electrons. The lowest BCUT2D eigenvalue weighted by molar-refractivity contribution is -0.137. The van der Waals surface area contributed by atoms with Crippen molar-refractivity contribution < 1.29 is 19.4 Å². The summed E-state index contributed by atoms with van der Waals surface area (Å²) < 4.78 is 5.89. The number of hydrogen-bond acceptors (Lipinski definition) is 5. The van der Waals surface area contributed by atoms with E-state index in [1.54, 1.807) is 0 Å². The number of hydrogen-bond donors (Lipinski definition) is 2. The van der Waals surface area contributed by atoms with E-state index < -0.39 is 11.8 Å². The van der Waals surface area contributed by atoms with Crippen molar-refractivity contribution in [2.75, 3.05) is 18.5 Å². The molecule has 0 atom stereocenters. The van der Waals surface area contributed by atoms with E-state index >= 15 is 0 Å². The predicted octanol–water partition coefficient (Wildman–Crippen LogP) is 2.54. The molecular weight excluding hydrogens is 344 g/mol. The van der Waals surface area contributed by atoms with E-state index in [4.69, 9.17) is 9.84 Å². The molecule has 1 aliphatic heterocycles. The first-order valence-corrected chi connectivity index (χ1v) is 8.72. The fraction of sp³-hybridized carbons (Fsp3) is 0.238. The number of ether oxygens (including phenoxy) is 1. The third kappa shape index (κ3) is 4.35. The highest BCUT2D eigenvalue weighted by Crippen LogP contribution is 2.22. The van der Waals surface area contributed by atoms with E-state index in [-0.39, 0.29) is 18.8 Å². The van der Waals surface area contributed by atoms with Gasteiger partial charge in [-0.3, -0.25) is 14.5 Å². The second-order valence-electron chi connectivity index (χ2n) is 6.46. The Kier molecular flexibility index (Phi) is 5.57. The molecule has 2 aromatic rings. The van der Waals surface area contributed by atoms with Gasteiger partial charge in [0.2, 0.25) is 0 Å². The Bertz CT molecular complexity index is 905. The highest BCUT2D eigenvalue weighted by Gasteiger charge is 2.30. The molecule has 0 unspecified atom stereocenters. The van der Waals surface area contributed by atoms with Crippen LogP contribution in [0.15, 0.2) is 54.2 Å². The van der Waals surface area contributed by atoms with E-state index in [9.17, 15) is 9.59 Å². The Hall–Kier alpha value is -3.12. The molecule has 0 saturated heterocycles. The fourth-order valence-corrected chi connectivity index (χ4v) is 2.93. The van der Waals surface area contributed by atoms with Gasteiger partial charge in [-0.15, -0.1) is 0 Å². The monoisotopic (exact) mass is 366 g/mol. The molecule has 3 rings (SSSR count). The Balaban J connectivity index is 1.66. The Morgan fingerprint density at radius 2 is 1.93 bits per heavy atom. The van der Waals surface area contributed by atoms with Gasteiger partial charge in [0.25, 0.3) is 11.8 Å². The van der Waals surface area contributed by atoms with Gasteiger partial charge < -0.3 is 15.2 Å². The zero-order valence-electron chi connectivity index (χ0n) is 15.4. The van der Waals surface area contributed by atoms with Gasteiger partial charge in [-0.2, -0.15) is 0 Å². The molecule has 0 saturated carbocycles. The number of amides is 2. The topological polar surface area (TPSA) is 78.9 Å². The van der Waals surface area contributed by atoms with E-state index in [1.165, 1.54) is 11.6 Å². The largest absolute Gasteiger partial charge is 0.489 e. The number of nitrogens with zero attached hydrogens (tertiary/aromatic N) is 1. The first-order chi connectivity index (χ1) is 13.0. The van der Waals surface area contributed by atoms with Crippen molar-refractivity contribution in [3.8, 4) is 5.75 Å². The second kappa shape index (κ2) is 8.05. The van der Waals surface area contributed by atoms with Crippen LogP contribution in [0, 0.1) is 13.8 Å². The molecule has 0 bridgehead atoms. The lowest BCUT2D eigenvalue weighted by atomic mass is 10.1. The van der Waals surface area contributed by atoms with Crippen LogP contribution in [0.3, 0.4) is 0 Å². The molecule has 2 N–H and O–H groups in total. The van der Waals surface area contributed by atoms with Gasteiger partial charge in [0.05, 0.1) is 13.2 Å². The maximum Gasteiger partial charge on any atom is 0.277 e. The summed E-state index contributed by atoms with van der Waals surface area (Å²) in [5, 5.41) is 11.9. The van der Waals surface area contributed by atoms with Gasteiger partial charge in [0, 0.05) is 11.8 Å². The van der Waals surface area contributed by atoms with Crippen molar-refractivity contribution in [2.24, 2.45) is 0 Å². The van der Waals surface area contributed by atoms with Crippen molar-refractivity contribution in [1.82, 2.24) is 4.90 Å². The molecule has 2 amide bonds. The first kappa shape index (κ1) is 18.7. The van der Waals surface area contributed by atoms with E-state index in [2.05, 4.69) is 11.4 Å². The SMILES string of the molecule is Cc1ccc(OCc2cccc(NC3=CC(=O)N(CCO)C3=O)c2)c(C)c1. The highest BCUT2D eigenvalue weighted by atomic mass is 16.5. The van der Waals surface area contributed by atoms with Gasteiger partial charge >= 0.3 is 0 Å². The van der Waals surface area contributed by atoms with Crippen molar-refractivity contribution in [2.45, 2.75) is 20.5 Å². The molecule has 2 aromatic carbocycles. The van der Waals surface area contributed by atoms with Crippen LogP contribution < -0.4 is 10.1 Å². The molecule has 1 aliphatic rings. The summed E-state index contributed by atoms with van der Waals surface area (Å²) in [7, 11) is 0. The third-order valence-corrected chi connectivity index (χ3v) is 4.26. The highest BCUT2D eigenvalue weighted by molar-refractivity contribution is 6.17. The van der Waals surface area contributed by atoms with Crippen LogP contribution >= 0.6 is 0 Å². The summed E-state index contributed by atoms with van der Waals surface area (Å²) in [5.41, 5.74) is 4.08. The summed E-state index contributed by atoms with van der Waals surface area (Å²) in [4.78, 5) is 25.0. The molecule has 0 aromatic heterocycles. The van der Waals surface area contributed by atoms with Crippen molar-refractivity contribution in [3.63, 3.8) is 0 Å². The second-order valence-corrected chi connectivity index (χ2v) is 6.46. The van der Waals surface area contributed by atoms with E-state index in [0.29, 0.717) is 12.3 Å². The maximum absolute atomic E-state index is 12.2. The number of carbonyl (C=O) groups excluding carboxylic acids is 2. The number of aryl methyl sites for hydroxylation is 2. The van der Waals surface area contributed by atoms with Gasteiger partial charge in [-0.1, -0.05) is 29.8 Å². The van der Waals surface area contributed by atoms with Crippen molar-refractivity contribution in [1.29, 1.82) is 0 Å². The summed E-state index contributed by atoms with van der Waals surface area (Å²) in [5.74, 6) is -0.0326. The number of aliphatic hydroxyl groups is 1. The number of rotatable bonds is 7. The standard InChI is InChI=1S/C21H22N2O4/c1-14-6-7-19(15(2)10-14)27-13-16-4-3-5-17(11-16)22-18-12-20(25)23(8-9-24)21(18)26/h3-7,10-12,22,24H,8-9,13H2,1-2H3. The number of aliphatic hydroxyl groups excluding tert-OH is 1. The quantitative estimate of drug-likeness (QED) is 0.736. The van der Waals surface area contributed by atoms with Crippen LogP contribution in [-0.2, 0) is 16.2 Å². The fourth-order valence-electron chi connectivity index (χ4n) is 2.93. The van der Waals surface area contributed by atoms with Crippen LogP contribution in [0.5, 0.6) is 5.75 Å². The minimum atomic E-state index is -0.439. The van der Waals surface area contributed by atoms with Gasteiger partial charge in [-0.25, -0.2) is 0 Å². The molecule has 6 nitrogen and oxygen atoms in total. The van der Waals surface area contributed by atoms with Crippen LogP contribution in [0.2, 0.25) is 0 Å². The Labute approximate surface area is 158 Å². The average Bonchev–Trinajstić information content (AvgIpc) is 2.89. The van der Waals surface area contributed by atoms with Crippen LogP contribution in [0.4, 0.5) is 5.69 Å². The maximum atomic E-state index is 12.2. The molecule has 27 heavy (non-hydrogen) atoms. The lowest BCUT2D eigenvalue weighted by Crippen LogP contribution is -2.34. The van der Waals surface area contributed by atoms with Gasteiger partial charge in [0.1, 0.15) is 18.1 Å². The van der Waals surface area contributed by atoms with Crippen LogP contribution in [0.1, 0.15) is 16.7 Å². The molecule has 6 heteroatoms. The molecule has 0 spiro atoms. The summed E-state index contributed by atoms with van der Waals surface area (Å²) >= 11 is 0. The molecule has 0 aliphatic carbocycles. The van der Waals surface area contributed by atoms with Crippen LogP contribution in [-0.4, -0.2) is 35.0 Å². The van der Waals surface area contributed by atoms with Gasteiger partial charge in [-0.05, 0) is 43.2 Å². The Morgan fingerprint density at radius 1 is 1.11 bits per heavy atom. The number of nitrogens with one attached hydrogen (secondary N) is 1. The molecule has 0 fully saturated rings. The zero-order chi connectivity index (χ0) is 19.4. The van der Waals surface area contributed by atoms with Gasteiger partial charge in [0.15, 0.2) is 0 Å². The normalized spacial score (nSPS) is 13.7. The lowest BCUT2D eigenvalue weighted by Gasteiger charge is -2.14. The number of β-amino-alcohol motifs (C(OH)–C–C–N with tert-alkyl or cyclic N) is 1. The Morgan fingerprint density at radius 3 is 2.67 bits per heavy atom.